The zero-order chi connectivity index (χ0) is 25.4. The highest BCUT2D eigenvalue weighted by atomic mass is 32.1. The number of alkyl halides is 2. The number of fused-ring (bicyclic) bond motifs is 1. The minimum absolute atomic E-state index is 0.0870. The summed E-state index contributed by atoms with van der Waals surface area (Å²) in [4.78, 5) is 22.0. The van der Waals surface area contributed by atoms with Crippen LogP contribution in [0.1, 0.15) is 15.2 Å². The molecule has 0 atom stereocenters. The Bertz CT molecular complexity index is 1520. The van der Waals surface area contributed by atoms with Crippen LogP contribution >= 0.6 is 11.3 Å². The smallest absolute Gasteiger partial charge is 0.312 e. The van der Waals surface area contributed by atoms with E-state index in [4.69, 9.17) is 5.41 Å². The van der Waals surface area contributed by atoms with Gasteiger partial charge in [-0.25, -0.2) is 0 Å². The molecule has 1 fully saturated rings. The molecule has 1 amide bonds. The second-order valence-corrected chi connectivity index (χ2v) is 9.67. The highest BCUT2D eigenvalue weighted by Gasteiger charge is 2.36. The number of rotatable bonds is 4. The van der Waals surface area contributed by atoms with E-state index >= 15 is 8.78 Å². The monoisotopic (exact) mass is 506 g/mol. The van der Waals surface area contributed by atoms with E-state index in [1.807, 2.05) is 7.05 Å². The van der Waals surface area contributed by atoms with Gasteiger partial charge < -0.3 is 25.3 Å². The molecular weight excluding hydrogens is 484 g/mol. The van der Waals surface area contributed by atoms with E-state index in [-0.39, 0.29) is 11.6 Å². The maximum absolute atomic E-state index is 15.4. The molecule has 0 spiro atoms. The molecule has 0 saturated carbocycles. The van der Waals surface area contributed by atoms with Gasteiger partial charge >= 0.3 is 5.92 Å². The van der Waals surface area contributed by atoms with E-state index in [2.05, 4.69) is 15.0 Å². The molecule has 4 aromatic rings. The van der Waals surface area contributed by atoms with Crippen LogP contribution in [-0.2, 0) is 5.92 Å². The second kappa shape index (κ2) is 9.32. The standard InChI is InChI=1S/C25H22F2N7OS/c1-32-11-13-33(14-12-32)23(35)21-8-7-20(36-21)19-6-9-22(28)34(31-19)24(29)25(26,27)17-4-5-18-16(15-17)3-2-10-30-18/h2-10,15,29H,11-14H2,1H3/q-1. The van der Waals surface area contributed by atoms with Crippen LogP contribution in [-0.4, -0.2) is 69.5 Å². The first kappa shape index (κ1) is 23.9. The van der Waals surface area contributed by atoms with Crippen molar-refractivity contribution in [2.45, 2.75) is 5.92 Å². The Kier molecular flexibility index (Phi) is 6.19. The fraction of sp³-hybridized carbons (Fsp3) is 0.240. The van der Waals surface area contributed by atoms with Gasteiger partial charge in [-0.05, 0) is 48.9 Å². The predicted molar refractivity (Wildman–Crippen MR) is 134 cm³/mol. The Morgan fingerprint density at radius 1 is 1.08 bits per heavy atom. The number of benzene rings is 1. The van der Waals surface area contributed by atoms with Crippen molar-refractivity contribution in [2.24, 2.45) is 0 Å². The van der Waals surface area contributed by atoms with E-state index in [1.54, 1.807) is 35.4 Å². The first-order valence-electron chi connectivity index (χ1n) is 11.3. The number of amides is 1. The van der Waals surface area contributed by atoms with Gasteiger partial charge in [0.15, 0.2) is 0 Å². The van der Waals surface area contributed by atoms with Crippen LogP contribution in [0.3, 0.4) is 0 Å². The molecule has 4 heterocycles. The van der Waals surface area contributed by atoms with Crippen molar-refractivity contribution in [1.82, 2.24) is 24.6 Å². The van der Waals surface area contributed by atoms with E-state index in [0.717, 1.165) is 13.1 Å². The van der Waals surface area contributed by atoms with E-state index in [9.17, 15) is 10.2 Å². The quantitative estimate of drug-likeness (QED) is 0.337. The van der Waals surface area contributed by atoms with Crippen molar-refractivity contribution in [1.29, 1.82) is 5.41 Å². The summed E-state index contributed by atoms with van der Waals surface area (Å²) in [5.74, 6) is -5.03. The number of halogens is 2. The molecule has 1 aromatic carbocycles. The largest absolute Gasteiger partial charge is 0.463 e. The summed E-state index contributed by atoms with van der Waals surface area (Å²) in [6.45, 7) is 2.87. The average molecular weight is 507 g/mol. The van der Waals surface area contributed by atoms with Crippen LogP contribution in [0.4, 0.5) is 8.78 Å². The first-order chi connectivity index (χ1) is 17.2. The second-order valence-electron chi connectivity index (χ2n) is 8.58. The Morgan fingerprint density at radius 2 is 1.86 bits per heavy atom. The molecule has 5 rings (SSSR count). The number of hydrogen-bond donors (Lipinski definition) is 1. The molecule has 0 radical (unpaired) electrons. The molecule has 1 aliphatic rings. The number of hydrogen-bond acceptors (Lipinski definition) is 6. The van der Waals surface area contributed by atoms with Crippen molar-refractivity contribution in [3.05, 3.63) is 82.1 Å². The molecule has 36 heavy (non-hydrogen) atoms. The summed E-state index contributed by atoms with van der Waals surface area (Å²) >= 11 is 1.19. The van der Waals surface area contributed by atoms with Crippen molar-refractivity contribution >= 4 is 34.0 Å². The first-order valence-corrected chi connectivity index (χ1v) is 12.1. The van der Waals surface area contributed by atoms with Crippen LogP contribution in [0.2, 0.25) is 0 Å². The van der Waals surface area contributed by atoms with Crippen LogP contribution in [0.25, 0.3) is 26.9 Å². The molecule has 3 aromatic heterocycles. The Balaban J connectivity index is 1.43. The Hall–Kier alpha value is -3.83. The van der Waals surface area contributed by atoms with Crippen LogP contribution < -0.4 is 5.49 Å². The summed E-state index contributed by atoms with van der Waals surface area (Å²) in [7, 11) is 2.01. The number of carbonyl (C=O) groups is 1. The van der Waals surface area contributed by atoms with Gasteiger partial charge in [-0.2, -0.15) is 8.78 Å². The van der Waals surface area contributed by atoms with E-state index < -0.39 is 22.8 Å². The van der Waals surface area contributed by atoms with Crippen LogP contribution in [0.5, 0.6) is 0 Å². The molecule has 0 unspecified atom stereocenters. The minimum atomic E-state index is -3.74. The molecule has 1 saturated heterocycles. The zero-order valence-corrected chi connectivity index (χ0v) is 20.2. The molecule has 0 bridgehead atoms. The maximum Gasteiger partial charge on any atom is 0.312 e. The third-order valence-corrected chi connectivity index (χ3v) is 7.25. The minimum Gasteiger partial charge on any atom is -0.463 e. The van der Waals surface area contributed by atoms with Crippen LogP contribution in [0, 0.1) is 5.41 Å². The lowest BCUT2D eigenvalue weighted by molar-refractivity contribution is 0.0668. The number of nitrogens with zero attached hydrogens (tertiary/aromatic N) is 6. The van der Waals surface area contributed by atoms with Gasteiger partial charge in [0.25, 0.3) is 5.91 Å². The third-order valence-electron chi connectivity index (χ3n) is 6.15. The lowest BCUT2D eigenvalue weighted by atomic mass is 10.0. The number of aromatic nitrogens is 3. The van der Waals surface area contributed by atoms with Gasteiger partial charge in [0.2, 0.25) is 0 Å². The Morgan fingerprint density at radius 3 is 2.64 bits per heavy atom. The number of piperazine rings is 1. The zero-order valence-electron chi connectivity index (χ0n) is 19.4. The molecule has 1 aliphatic heterocycles. The average Bonchev–Trinajstić information content (AvgIpc) is 3.38. The molecular formula is C25H22F2N7OS-. The van der Waals surface area contributed by atoms with Crippen molar-refractivity contribution in [2.75, 3.05) is 33.2 Å². The number of pyridine rings is 1. The topological polar surface area (TPSA) is 100 Å². The number of nitrogens with one attached hydrogen (secondary N) is 1. The van der Waals surface area contributed by atoms with Gasteiger partial charge in [-0.1, -0.05) is 18.2 Å². The van der Waals surface area contributed by atoms with Gasteiger partial charge in [-0.3, -0.25) is 14.9 Å². The van der Waals surface area contributed by atoms with E-state index in [0.29, 0.717) is 38.4 Å². The van der Waals surface area contributed by atoms with Crippen molar-refractivity contribution in [3.63, 3.8) is 0 Å². The van der Waals surface area contributed by atoms with Gasteiger partial charge in [0.05, 0.1) is 21.0 Å². The highest BCUT2D eigenvalue weighted by Crippen LogP contribution is 2.32. The lowest BCUT2D eigenvalue weighted by Crippen LogP contribution is -2.46. The summed E-state index contributed by atoms with van der Waals surface area (Å²) in [6.07, 6.45) is 1.57. The highest BCUT2D eigenvalue weighted by molar-refractivity contribution is 7.17. The Labute approximate surface area is 209 Å². The number of thiophene rings is 1. The summed E-state index contributed by atoms with van der Waals surface area (Å²) < 4.78 is 31.2. The summed E-state index contributed by atoms with van der Waals surface area (Å²) in [5.41, 5.74) is -0.197. The lowest BCUT2D eigenvalue weighted by Gasteiger charge is -2.32. The van der Waals surface area contributed by atoms with E-state index in [1.165, 1.54) is 41.7 Å². The fourth-order valence-electron chi connectivity index (χ4n) is 4.01. The summed E-state index contributed by atoms with van der Waals surface area (Å²) in [6, 6.07) is 13.3. The molecule has 8 nitrogen and oxygen atoms in total. The third kappa shape index (κ3) is 4.42. The fourth-order valence-corrected chi connectivity index (χ4v) is 4.95. The van der Waals surface area contributed by atoms with Gasteiger partial charge in [-0.15, -0.1) is 11.3 Å². The number of likely N-dealkylation sites (N-methyl/N-ethyl adjacent to an activating group) is 1. The van der Waals surface area contributed by atoms with Crippen molar-refractivity contribution in [3.8, 4) is 10.6 Å². The van der Waals surface area contributed by atoms with Crippen LogP contribution in [0.15, 0.2) is 60.8 Å². The molecule has 1 N–H and O–H groups in total. The molecule has 184 valence electrons. The molecule has 0 aliphatic carbocycles. The SMILES string of the molecule is CN1CCN(C(=O)c2ccc(-c3ccc(=[N-])n(C(=N)C(F)(F)c4ccc5ncccc5c4)n3)s2)CC1. The number of carbonyl (C=O) groups excluding carboxylic acids is 1. The normalized spacial score (nSPS) is 14.8. The predicted octanol–water partition coefficient (Wildman–Crippen LogP) is 3.63. The van der Waals surface area contributed by atoms with Crippen molar-refractivity contribution < 1.29 is 13.6 Å². The van der Waals surface area contributed by atoms with Gasteiger partial charge in [0, 0.05) is 43.3 Å². The maximum atomic E-state index is 15.4. The summed E-state index contributed by atoms with van der Waals surface area (Å²) in [5, 5.41) is 23.1. The van der Waals surface area contributed by atoms with Gasteiger partial charge in [0.1, 0.15) is 5.84 Å². The molecule has 11 heteroatoms.